The zero-order chi connectivity index (χ0) is 16.6. The van der Waals surface area contributed by atoms with Crippen molar-refractivity contribution < 1.29 is 0 Å². The summed E-state index contributed by atoms with van der Waals surface area (Å²) >= 11 is 0. The van der Waals surface area contributed by atoms with E-state index in [1.54, 1.807) is 5.56 Å². The summed E-state index contributed by atoms with van der Waals surface area (Å²) < 4.78 is 2.00. The normalized spacial score (nSPS) is 23.8. The Morgan fingerprint density at radius 3 is 2.54 bits per heavy atom. The van der Waals surface area contributed by atoms with Crippen LogP contribution in [-0.4, -0.2) is 27.8 Å². The SMILES string of the molecule is Cc1c(CN2C[C@H](c3ccccc3)C3(CCCCC3)C2)cnn1C. The molecular formula is C21H29N3. The first-order valence-electron chi connectivity index (χ1n) is 9.43. The summed E-state index contributed by atoms with van der Waals surface area (Å²) in [5.74, 6) is 0.691. The molecule has 4 rings (SSSR count). The summed E-state index contributed by atoms with van der Waals surface area (Å²) in [5, 5.41) is 4.43. The van der Waals surface area contributed by atoms with Gasteiger partial charge in [-0.3, -0.25) is 9.58 Å². The van der Waals surface area contributed by atoms with E-state index in [-0.39, 0.29) is 0 Å². The molecule has 2 aliphatic rings. The van der Waals surface area contributed by atoms with Gasteiger partial charge in [-0.05, 0) is 30.7 Å². The fraction of sp³-hybridized carbons (Fsp3) is 0.571. The van der Waals surface area contributed by atoms with Gasteiger partial charge in [-0.2, -0.15) is 5.10 Å². The highest BCUT2D eigenvalue weighted by molar-refractivity contribution is 5.26. The van der Waals surface area contributed by atoms with E-state index < -0.39 is 0 Å². The van der Waals surface area contributed by atoms with Crippen molar-refractivity contribution in [2.75, 3.05) is 13.1 Å². The van der Waals surface area contributed by atoms with Gasteiger partial charge in [0.1, 0.15) is 0 Å². The van der Waals surface area contributed by atoms with Gasteiger partial charge >= 0.3 is 0 Å². The Kier molecular flexibility index (Phi) is 4.21. The van der Waals surface area contributed by atoms with Crippen LogP contribution in [-0.2, 0) is 13.6 Å². The van der Waals surface area contributed by atoms with Crippen molar-refractivity contribution in [3.63, 3.8) is 0 Å². The number of aryl methyl sites for hydroxylation is 1. The van der Waals surface area contributed by atoms with Crippen molar-refractivity contribution in [3.8, 4) is 0 Å². The first kappa shape index (κ1) is 15.9. The molecule has 3 nitrogen and oxygen atoms in total. The lowest BCUT2D eigenvalue weighted by atomic mass is 9.66. The van der Waals surface area contributed by atoms with Crippen LogP contribution in [0.3, 0.4) is 0 Å². The highest BCUT2D eigenvalue weighted by atomic mass is 15.3. The van der Waals surface area contributed by atoms with E-state index in [2.05, 4.69) is 53.5 Å². The van der Waals surface area contributed by atoms with Gasteiger partial charge in [0.15, 0.2) is 0 Å². The molecule has 1 aromatic heterocycles. The summed E-state index contributed by atoms with van der Waals surface area (Å²) in [6.07, 6.45) is 9.08. The summed E-state index contributed by atoms with van der Waals surface area (Å²) in [6.45, 7) is 5.67. The van der Waals surface area contributed by atoms with Crippen molar-refractivity contribution in [1.29, 1.82) is 0 Å². The third-order valence-electron chi connectivity index (χ3n) is 6.50. The lowest BCUT2D eigenvalue weighted by molar-refractivity contribution is 0.168. The maximum atomic E-state index is 4.43. The third-order valence-corrected chi connectivity index (χ3v) is 6.50. The number of rotatable bonds is 3. The molecule has 2 aromatic rings. The minimum Gasteiger partial charge on any atom is -0.298 e. The second kappa shape index (κ2) is 6.36. The molecule has 1 spiro atoms. The van der Waals surface area contributed by atoms with E-state index in [1.807, 2.05) is 11.7 Å². The van der Waals surface area contributed by atoms with Gasteiger partial charge in [0.25, 0.3) is 0 Å². The maximum absolute atomic E-state index is 4.43. The zero-order valence-electron chi connectivity index (χ0n) is 15.0. The minimum absolute atomic E-state index is 0.496. The standard InChI is InChI=1S/C21H29N3/c1-17-19(13-22-23(17)2)14-24-15-20(18-9-5-3-6-10-18)21(16-24)11-7-4-8-12-21/h3,5-6,9-10,13,20H,4,7-8,11-12,14-16H2,1-2H3/t20-/m1/s1. The van der Waals surface area contributed by atoms with Crippen LogP contribution < -0.4 is 0 Å². The van der Waals surface area contributed by atoms with Gasteiger partial charge in [-0.15, -0.1) is 0 Å². The largest absolute Gasteiger partial charge is 0.298 e. The van der Waals surface area contributed by atoms with E-state index >= 15 is 0 Å². The van der Waals surface area contributed by atoms with Crippen molar-refractivity contribution in [3.05, 3.63) is 53.3 Å². The van der Waals surface area contributed by atoms with Crippen LogP contribution in [0.5, 0.6) is 0 Å². The lowest BCUT2D eigenvalue weighted by Crippen LogP contribution is -2.32. The Bertz CT molecular complexity index is 682. The van der Waals surface area contributed by atoms with Crippen LogP contribution in [0.4, 0.5) is 0 Å². The molecule has 1 saturated heterocycles. The molecule has 0 N–H and O–H groups in total. The Morgan fingerprint density at radius 2 is 1.88 bits per heavy atom. The number of aromatic nitrogens is 2. The number of benzene rings is 1. The average Bonchev–Trinajstić information content (AvgIpc) is 3.11. The highest BCUT2D eigenvalue weighted by Crippen LogP contribution is 2.52. The summed E-state index contributed by atoms with van der Waals surface area (Å²) in [4.78, 5) is 2.69. The second-order valence-electron chi connectivity index (χ2n) is 7.93. The number of nitrogens with zero attached hydrogens (tertiary/aromatic N) is 3. The zero-order valence-corrected chi connectivity index (χ0v) is 15.0. The molecule has 1 atom stereocenters. The fourth-order valence-corrected chi connectivity index (χ4v) is 5.04. The van der Waals surface area contributed by atoms with Crippen LogP contribution in [0.15, 0.2) is 36.5 Å². The topological polar surface area (TPSA) is 21.1 Å². The molecule has 1 aliphatic carbocycles. The molecule has 3 heteroatoms. The van der Waals surface area contributed by atoms with Crippen LogP contribution in [0.2, 0.25) is 0 Å². The lowest BCUT2D eigenvalue weighted by Gasteiger charge is -2.38. The van der Waals surface area contributed by atoms with Crippen LogP contribution >= 0.6 is 0 Å². The van der Waals surface area contributed by atoms with Gasteiger partial charge in [0.05, 0.1) is 6.20 Å². The molecule has 0 unspecified atom stereocenters. The van der Waals surface area contributed by atoms with Crippen LogP contribution in [0.25, 0.3) is 0 Å². The molecule has 128 valence electrons. The average molecular weight is 323 g/mol. The Hall–Kier alpha value is -1.61. The van der Waals surface area contributed by atoms with Crippen LogP contribution in [0.1, 0.15) is 54.8 Å². The Labute approximate surface area is 145 Å². The number of likely N-dealkylation sites (tertiary alicyclic amines) is 1. The molecule has 1 aromatic carbocycles. The third kappa shape index (κ3) is 2.79. The molecule has 0 amide bonds. The van der Waals surface area contributed by atoms with Gasteiger partial charge in [-0.25, -0.2) is 0 Å². The Morgan fingerprint density at radius 1 is 1.12 bits per heavy atom. The van der Waals surface area contributed by atoms with Gasteiger partial charge in [0.2, 0.25) is 0 Å². The van der Waals surface area contributed by atoms with Crippen molar-refractivity contribution in [2.24, 2.45) is 12.5 Å². The first-order valence-corrected chi connectivity index (χ1v) is 9.43. The summed E-state index contributed by atoms with van der Waals surface area (Å²) in [6, 6.07) is 11.3. The van der Waals surface area contributed by atoms with Gasteiger partial charge < -0.3 is 0 Å². The van der Waals surface area contributed by atoms with Gasteiger partial charge in [-0.1, -0.05) is 49.6 Å². The van der Waals surface area contributed by atoms with E-state index in [0.717, 1.165) is 6.54 Å². The fourth-order valence-electron chi connectivity index (χ4n) is 5.04. The molecule has 1 saturated carbocycles. The number of hydrogen-bond acceptors (Lipinski definition) is 2. The quantitative estimate of drug-likeness (QED) is 0.840. The predicted octanol–water partition coefficient (Wildman–Crippen LogP) is 4.28. The second-order valence-corrected chi connectivity index (χ2v) is 7.93. The summed E-state index contributed by atoms with van der Waals surface area (Å²) in [5.41, 5.74) is 4.73. The Balaban J connectivity index is 1.59. The van der Waals surface area contributed by atoms with Crippen molar-refractivity contribution in [1.82, 2.24) is 14.7 Å². The molecule has 2 heterocycles. The highest BCUT2D eigenvalue weighted by Gasteiger charge is 2.47. The van der Waals surface area contributed by atoms with Gasteiger partial charge in [0, 0.05) is 43.9 Å². The van der Waals surface area contributed by atoms with Crippen LogP contribution in [0, 0.1) is 12.3 Å². The van der Waals surface area contributed by atoms with E-state index in [9.17, 15) is 0 Å². The van der Waals surface area contributed by atoms with E-state index in [1.165, 1.54) is 56.5 Å². The molecule has 0 bridgehead atoms. The maximum Gasteiger partial charge on any atom is 0.0537 e. The van der Waals surface area contributed by atoms with Crippen molar-refractivity contribution >= 4 is 0 Å². The van der Waals surface area contributed by atoms with E-state index in [4.69, 9.17) is 0 Å². The molecule has 24 heavy (non-hydrogen) atoms. The smallest absolute Gasteiger partial charge is 0.0537 e. The molecular weight excluding hydrogens is 294 g/mol. The van der Waals surface area contributed by atoms with E-state index in [0.29, 0.717) is 11.3 Å². The molecule has 2 fully saturated rings. The van der Waals surface area contributed by atoms with Crippen molar-refractivity contribution in [2.45, 2.75) is 51.5 Å². The monoisotopic (exact) mass is 323 g/mol. The molecule has 0 radical (unpaired) electrons. The minimum atomic E-state index is 0.496. The summed E-state index contributed by atoms with van der Waals surface area (Å²) in [7, 11) is 2.04. The predicted molar refractivity (Wildman–Crippen MR) is 97.9 cm³/mol. The number of hydrogen-bond donors (Lipinski definition) is 0. The molecule has 1 aliphatic heterocycles. The first-order chi connectivity index (χ1) is 11.7.